The summed E-state index contributed by atoms with van der Waals surface area (Å²) in [6, 6.07) is 17.4. The van der Waals surface area contributed by atoms with Gasteiger partial charge in [-0.15, -0.1) is 0 Å². The van der Waals surface area contributed by atoms with Crippen molar-refractivity contribution in [2.45, 2.75) is 6.92 Å². The van der Waals surface area contributed by atoms with Gasteiger partial charge in [-0.2, -0.15) is 9.61 Å². The van der Waals surface area contributed by atoms with Gasteiger partial charge in [0.05, 0.1) is 17.0 Å². The number of nitrogens with zero attached hydrogens (tertiary/aromatic N) is 4. The zero-order valence-electron chi connectivity index (χ0n) is 16.8. The lowest BCUT2D eigenvalue weighted by Crippen LogP contribution is -1.96. The van der Waals surface area contributed by atoms with Gasteiger partial charge in [-0.25, -0.2) is 18.7 Å². The first-order valence-corrected chi connectivity index (χ1v) is 9.74. The lowest BCUT2D eigenvalue weighted by molar-refractivity contribution is 0.435. The van der Waals surface area contributed by atoms with Crippen molar-refractivity contribution >= 4 is 5.65 Å². The van der Waals surface area contributed by atoms with E-state index in [1.807, 2.05) is 30.3 Å². The van der Waals surface area contributed by atoms with Gasteiger partial charge in [0.2, 0.25) is 11.8 Å². The molecule has 0 aliphatic rings. The minimum Gasteiger partial charge on any atom is -0.493 e. The fraction of sp³-hybridized carbons (Fsp3) is 0.0417. The van der Waals surface area contributed by atoms with Crippen molar-refractivity contribution in [3.8, 4) is 39.9 Å². The van der Waals surface area contributed by atoms with Crippen LogP contribution in [0.4, 0.5) is 8.78 Å². The van der Waals surface area contributed by atoms with Crippen molar-refractivity contribution < 1.29 is 18.6 Å². The zero-order chi connectivity index (χ0) is 22.2. The van der Waals surface area contributed by atoms with Crippen LogP contribution in [-0.4, -0.2) is 24.7 Å². The Bertz CT molecular complexity index is 1430. The summed E-state index contributed by atoms with van der Waals surface area (Å²) in [5.74, 6) is -0.531. The van der Waals surface area contributed by atoms with Crippen molar-refractivity contribution in [2.24, 2.45) is 0 Å². The highest BCUT2D eigenvalue weighted by atomic mass is 19.1. The molecule has 0 unspecified atom stereocenters. The first-order valence-electron chi connectivity index (χ1n) is 9.74. The summed E-state index contributed by atoms with van der Waals surface area (Å²) in [6.07, 6.45) is 1.57. The van der Waals surface area contributed by atoms with E-state index in [-0.39, 0.29) is 17.1 Å². The highest BCUT2D eigenvalue weighted by Gasteiger charge is 2.20. The van der Waals surface area contributed by atoms with Crippen LogP contribution in [0, 0.1) is 18.6 Å². The molecule has 32 heavy (non-hydrogen) atoms. The van der Waals surface area contributed by atoms with Gasteiger partial charge in [-0.1, -0.05) is 18.2 Å². The first-order chi connectivity index (χ1) is 15.5. The highest BCUT2D eigenvalue weighted by molar-refractivity contribution is 5.82. The zero-order valence-corrected chi connectivity index (χ0v) is 16.8. The molecular weight excluding hydrogens is 414 g/mol. The van der Waals surface area contributed by atoms with E-state index in [2.05, 4.69) is 15.1 Å². The molecule has 5 aromatic rings. The van der Waals surface area contributed by atoms with E-state index in [4.69, 9.17) is 4.74 Å². The molecule has 3 heterocycles. The van der Waals surface area contributed by atoms with Gasteiger partial charge in [0.25, 0.3) is 0 Å². The first kappa shape index (κ1) is 19.6. The summed E-state index contributed by atoms with van der Waals surface area (Å²) < 4.78 is 34.8. The molecule has 8 heteroatoms. The summed E-state index contributed by atoms with van der Waals surface area (Å²) in [5.41, 5.74) is 2.24. The van der Waals surface area contributed by atoms with Crippen LogP contribution >= 0.6 is 0 Å². The summed E-state index contributed by atoms with van der Waals surface area (Å²) >= 11 is 0. The third kappa shape index (κ3) is 3.51. The van der Waals surface area contributed by atoms with E-state index in [1.54, 1.807) is 25.3 Å². The summed E-state index contributed by atoms with van der Waals surface area (Å²) in [7, 11) is 0. The standard InChI is InChI=1S/C24H16F2N4O2/c1-14-23(18-9-8-16(25)11-19(18)26)24-28-20(12-22(31)30(24)29-14)15-7-10-21(27-13-15)32-17-5-3-2-4-6-17/h2-13,31H,1H3. The fourth-order valence-corrected chi connectivity index (χ4v) is 3.46. The maximum Gasteiger partial charge on any atom is 0.219 e. The molecule has 3 aromatic heterocycles. The molecule has 0 saturated carbocycles. The van der Waals surface area contributed by atoms with Gasteiger partial charge in [0.1, 0.15) is 17.4 Å². The highest BCUT2D eigenvalue weighted by Crippen LogP contribution is 2.33. The minimum atomic E-state index is -0.737. The van der Waals surface area contributed by atoms with Crippen LogP contribution in [0.3, 0.4) is 0 Å². The van der Waals surface area contributed by atoms with E-state index in [9.17, 15) is 13.9 Å². The largest absolute Gasteiger partial charge is 0.493 e. The Balaban J connectivity index is 1.57. The second kappa shape index (κ2) is 7.73. The second-order valence-electron chi connectivity index (χ2n) is 7.12. The van der Waals surface area contributed by atoms with E-state index >= 15 is 0 Å². The van der Waals surface area contributed by atoms with Gasteiger partial charge in [0.15, 0.2) is 5.65 Å². The topological polar surface area (TPSA) is 72.5 Å². The van der Waals surface area contributed by atoms with Gasteiger partial charge < -0.3 is 9.84 Å². The number of benzene rings is 2. The molecule has 0 aliphatic heterocycles. The van der Waals surface area contributed by atoms with E-state index in [1.165, 1.54) is 22.7 Å². The lowest BCUT2D eigenvalue weighted by Gasteiger charge is -2.08. The summed E-state index contributed by atoms with van der Waals surface area (Å²) in [5, 5.41) is 14.8. The number of halogens is 2. The molecule has 0 aliphatic carbocycles. The fourth-order valence-electron chi connectivity index (χ4n) is 3.46. The predicted molar refractivity (Wildman–Crippen MR) is 114 cm³/mol. The molecule has 2 aromatic carbocycles. The summed E-state index contributed by atoms with van der Waals surface area (Å²) in [6.45, 7) is 1.67. The van der Waals surface area contributed by atoms with Crippen molar-refractivity contribution in [3.05, 3.63) is 90.3 Å². The Morgan fingerprint density at radius 3 is 2.50 bits per heavy atom. The Morgan fingerprint density at radius 1 is 0.969 bits per heavy atom. The number of aromatic hydroxyl groups is 1. The SMILES string of the molecule is Cc1nn2c(O)cc(-c3ccc(Oc4ccccc4)nc3)nc2c1-c1ccc(F)cc1F. The van der Waals surface area contributed by atoms with Gasteiger partial charge in [0, 0.05) is 35.5 Å². The Morgan fingerprint density at radius 2 is 1.78 bits per heavy atom. The maximum absolute atomic E-state index is 14.5. The Kier molecular flexibility index (Phi) is 4.74. The second-order valence-corrected chi connectivity index (χ2v) is 7.12. The molecular formula is C24H16F2N4O2. The molecule has 0 bridgehead atoms. The van der Waals surface area contributed by atoms with Crippen molar-refractivity contribution in [1.29, 1.82) is 0 Å². The van der Waals surface area contributed by atoms with Crippen molar-refractivity contribution in [2.75, 3.05) is 0 Å². The quantitative estimate of drug-likeness (QED) is 0.405. The molecule has 0 spiro atoms. The molecule has 0 fully saturated rings. The molecule has 0 amide bonds. The van der Waals surface area contributed by atoms with Gasteiger partial charge >= 0.3 is 0 Å². The molecule has 1 N–H and O–H groups in total. The van der Waals surface area contributed by atoms with Crippen LogP contribution in [0.2, 0.25) is 0 Å². The van der Waals surface area contributed by atoms with Crippen LogP contribution in [0.25, 0.3) is 28.0 Å². The number of aryl methyl sites for hydroxylation is 1. The number of aromatic nitrogens is 4. The van der Waals surface area contributed by atoms with E-state index in [0.29, 0.717) is 34.1 Å². The van der Waals surface area contributed by atoms with Gasteiger partial charge in [-0.05, 0) is 37.3 Å². The van der Waals surface area contributed by atoms with Crippen LogP contribution in [0.5, 0.6) is 17.5 Å². The predicted octanol–water partition coefficient (Wildman–Crippen LogP) is 5.54. The Labute approximate surface area is 181 Å². The van der Waals surface area contributed by atoms with E-state index < -0.39 is 11.6 Å². The van der Waals surface area contributed by atoms with E-state index in [0.717, 1.165) is 6.07 Å². The van der Waals surface area contributed by atoms with Crippen LogP contribution < -0.4 is 4.74 Å². The number of rotatable bonds is 4. The minimum absolute atomic E-state index is 0.146. The third-order valence-electron chi connectivity index (χ3n) is 4.94. The summed E-state index contributed by atoms with van der Waals surface area (Å²) in [4.78, 5) is 8.88. The number of ether oxygens (including phenoxy) is 1. The normalized spacial score (nSPS) is 11.1. The molecule has 6 nitrogen and oxygen atoms in total. The average Bonchev–Trinajstić information content (AvgIpc) is 3.11. The lowest BCUT2D eigenvalue weighted by atomic mass is 10.1. The van der Waals surface area contributed by atoms with Crippen molar-refractivity contribution in [1.82, 2.24) is 19.6 Å². The number of pyridine rings is 1. The Hall–Kier alpha value is -4.33. The number of fused-ring (bicyclic) bond motifs is 1. The monoisotopic (exact) mass is 430 g/mol. The smallest absolute Gasteiger partial charge is 0.219 e. The van der Waals surface area contributed by atoms with Crippen LogP contribution in [-0.2, 0) is 0 Å². The molecule has 0 atom stereocenters. The number of para-hydroxylation sites is 1. The molecule has 0 saturated heterocycles. The maximum atomic E-state index is 14.5. The number of hydrogen-bond acceptors (Lipinski definition) is 5. The third-order valence-corrected chi connectivity index (χ3v) is 4.94. The molecule has 5 rings (SSSR count). The van der Waals surface area contributed by atoms with Crippen LogP contribution in [0.15, 0.2) is 72.9 Å². The number of hydrogen-bond donors (Lipinski definition) is 1. The average molecular weight is 430 g/mol. The molecule has 0 radical (unpaired) electrons. The molecule has 158 valence electrons. The van der Waals surface area contributed by atoms with Gasteiger partial charge in [-0.3, -0.25) is 0 Å². The van der Waals surface area contributed by atoms with Crippen molar-refractivity contribution in [3.63, 3.8) is 0 Å². The van der Waals surface area contributed by atoms with Crippen LogP contribution in [0.1, 0.15) is 5.69 Å².